The predicted molar refractivity (Wildman–Crippen MR) is 75.0 cm³/mol. The van der Waals surface area contributed by atoms with E-state index in [2.05, 4.69) is 40.3 Å². The third-order valence-electron chi connectivity index (χ3n) is 4.32. The van der Waals surface area contributed by atoms with Crippen LogP contribution in [0.25, 0.3) is 0 Å². The fourth-order valence-corrected chi connectivity index (χ4v) is 3.54. The molecular weight excluding hydrogens is 290 g/mol. The molecule has 0 radical (unpaired) electrons. The van der Waals surface area contributed by atoms with Gasteiger partial charge in [0.2, 0.25) is 5.91 Å². The quantitative estimate of drug-likeness (QED) is 0.907. The molecule has 3 atom stereocenters. The molecule has 1 aromatic carbocycles. The lowest BCUT2D eigenvalue weighted by atomic mass is 10.0. The van der Waals surface area contributed by atoms with Crippen LogP contribution in [0.15, 0.2) is 28.7 Å². The lowest BCUT2D eigenvalue weighted by molar-refractivity contribution is -0.125. The first-order valence-electron chi connectivity index (χ1n) is 6.69. The molecule has 0 aromatic heterocycles. The van der Waals surface area contributed by atoms with Crippen molar-refractivity contribution >= 4 is 21.8 Å². The molecule has 18 heavy (non-hydrogen) atoms. The van der Waals surface area contributed by atoms with E-state index in [1.807, 2.05) is 12.1 Å². The zero-order valence-electron chi connectivity index (χ0n) is 10.5. The summed E-state index contributed by atoms with van der Waals surface area (Å²) in [5.41, 5.74) is 1.15. The number of carbonyl (C=O) groups is 1. The van der Waals surface area contributed by atoms with Crippen LogP contribution in [0.5, 0.6) is 0 Å². The molecule has 0 heterocycles. The van der Waals surface area contributed by atoms with Gasteiger partial charge in [-0.1, -0.05) is 28.1 Å². The van der Waals surface area contributed by atoms with E-state index in [1.165, 1.54) is 6.42 Å². The van der Waals surface area contributed by atoms with Gasteiger partial charge in [-0.2, -0.15) is 0 Å². The number of hydrogen-bond acceptors (Lipinski definition) is 1. The summed E-state index contributed by atoms with van der Waals surface area (Å²) in [6.45, 7) is 2.05. The summed E-state index contributed by atoms with van der Waals surface area (Å²) in [6, 6.07) is 8.22. The second-order valence-electron chi connectivity index (χ2n) is 5.71. The van der Waals surface area contributed by atoms with Crippen molar-refractivity contribution in [3.05, 3.63) is 34.3 Å². The molecule has 3 rings (SSSR count). The number of fused-ring (bicyclic) bond motifs is 1. The van der Waals surface area contributed by atoms with E-state index < -0.39 is 0 Å². The summed E-state index contributed by atoms with van der Waals surface area (Å²) >= 11 is 3.46. The third kappa shape index (κ3) is 2.46. The Bertz CT molecular complexity index is 463. The molecule has 0 aliphatic heterocycles. The van der Waals surface area contributed by atoms with Crippen LogP contribution in [-0.2, 0) is 4.79 Å². The van der Waals surface area contributed by atoms with Gasteiger partial charge in [0.05, 0.1) is 6.04 Å². The molecule has 3 heteroatoms. The molecule has 2 nitrogen and oxygen atoms in total. The van der Waals surface area contributed by atoms with Gasteiger partial charge in [-0.15, -0.1) is 0 Å². The number of benzene rings is 1. The Hall–Kier alpha value is -0.830. The van der Waals surface area contributed by atoms with Gasteiger partial charge < -0.3 is 5.32 Å². The maximum Gasteiger partial charge on any atom is 0.223 e. The van der Waals surface area contributed by atoms with E-state index in [4.69, 9.17) is 0 Å². The van der Waals surface area contributed by atoms with E-state index in [-0.39, 0.29) is 17.9 Å². The first-order chi connectivity index (χ1) is 8.63. The fourth-order valence-electron chi connectivity index (χ4n) is 3.12. The monoisotopic (exact) mass is 307 g/mol. The molecule has 1 aromatic rings. The highest BCUT2D eigenvalue weighted by molar-refractivity contribution is 9.10. The fraction of sp³-hybridized carbons (Fsp3) is 0.533. The van der Waals surface area contributed by atoms with E-state index in [1.54, 1.807) is 0 Å². The number of nitrogens with one attached hydrogen (secondary N) is 1. The molecule has 0 bridgehead atoms. The van der Waals surface area contributed by atoms with Crippen molar-refractivity contribution in [1.29, 1.82) is 0 Å². The highest BCUT2D eigenvalue weighted by Gasteiger charge is 2.48. The lowest BCUT2D eigenvalue weighted by Crippen LogP contribution is -2.32. The Morgan fingerprint density at radius 2 is 2.06 bits per heavy atom. The average molecular weight is 308 g/mol. The Balaban J connectivity index is 1.60. The molecule has 1 N–H and O–H groups in total. The van der Waals surface area contributed by atoms with E-state index >= 15 is 0 Å². The number of carbonyl (C=O) groups excluding carboxylic acids is 1. The molecule has 0 spiro atoms. The number of rotatable bonds is 3. The van der Waals surface area contributed by atoms with Gasteiger partial charge in [-0.3, -0.25) is 4.79 Å². The van der Waals surface area contributed by atoms with Crippen LogP contribution in [0, 0.1) is 17.8 Å². The van der Waals surface area contributed by atoms with Crippen molar-refractivity contribution in [2.24, 2.45) is 17.8 Å². The summed E-state index contributed by atoms with van der Waals surface area (Å²) in [7, 11) is 0. The topological polar surface area (TPSA) is 29.1 Å². The van der Waals surface area contributed by atoms with Gasteiger partial charge in [0.1, 0.15) is 0 Å². The molecule has 2 aliphatic rings. The predicted octanol–water partition coefficient (Wildman–Crippen LogP) is 3.67. The maximum absolute atomic E-state index is 12.2. The standard InChI is InChI=1S/C15H18BrNO/c1-9(10-3-2-4-14(16)8-10)17-15(18)13-6-11-5-12(11)7-13/h2-4,8-9,11-13H,5-7H2,1H3,(H,17,18). The summed E-state index contributed by atoms with van der Waals surface area (Å²) in [5.74, 6) is 2.24. The van der Waals surface area contributed by atoms with Crippen LogP contribution in [0.4, 0.5) is 0 Å². The molecule has 2 fully saturated rings. The smallest absolute Gasteiger partial charge is 0.223 e. The summed E-state index contributed by atoms with van der Waals surface area (Å²) in [4.78, 5) is 12.2. The zero-order chi connectivity index (χ0) is 12.7. The molecule has 3 unspecified atom stereocenters. The van der Waals surface area contributed by atoms with Crippen molar-refractivity contribution in [3.63, 3.8) is 0 Å². The Kier molecular flexibility index (Phi) is 3.18. The molecule has 2 saturated carbocycles. The Morgan fingerprint density at radius 1 is 1.33 bits per heavy atom. The van der Waals surface area contributed by atoms with Crippen LogP contribution in [0.2, 0.25) is 0 Å². The van der Waals surface area contributed by atoms with Gasteiger partial charge in [-0.25, -0.2) is 0 Å². The molecular formula is C15H18BrNO. The van der Waals surface area contributed by atoms with Crippen molar-refractivity contribution in [3.8, 4) is 0 Å². The maximum atomic E-state index is 12.2. The minimum atomic E-state index is 0.0897. The lowest BCUT2D eigenvalue weighted by Gasteiger charge is -2.18. The van der Waals surface area contributed by atoms with Gasteiger partial charge in [0.25, 0.3) is 0 Å². The number of amides is 1. The first kappa shape index (κ1) is 12.2. The van der Waals surface area contributed by atoms with Crippen molar-refractivity contribution in [2.45, 2.75) is 32.2 Å². The van der Waals surface area contributed by atoms with Crippen LogP contribution in [0.3, 0.4) is 0 Å². The molecule has 0 saturated heterocycles. The average Bonchev–Trinajstić information content (AvgIpc) is 2.96. The largest absolute Gasteiger partial charge is 0.349 e. The highest BCUT2D eigenvalue weighted by Crippen LogP contribution is 2.54. The minimum Gasteiger partial charge on any atom is -0.349 e. The van der Waals surface area contributed by atoms with E-state index in [0.29, 0.717) is 0 Å². The van der Waals surface area contributed by atoms with Crippen LogP contribution in [0.1, 0.15) is 37.8 Å². The minimum absolute atomic E-state index is 0.0897. The summed E-state index contributed by atoms with van der Waals surface area (Å²) < 4.78 is 1.06. The van der Waals surface area contributed by atoms with Gasteiger partial charge in [0.15, 0.2) is 0 Å². The second kappa shape index (κ2) is 4.69. The zero-order valence-corrected chi connectivity index (χ0v) is 12.1. The van der Waals surface area contributed by atoms with Crippen molar-refractivity contribution in [1.82, 2.24) is 5.32 Å². The normalized spacial score (nSPS) is 30.7. The summed E-state index contributed by atoms with van der Waals surface area (Å²) in [6.07, 6.45) is 3.59. The van der Waals surface area contributed by atoms with Gasteiger partial charge >= 0.3 is 0 Å². The van der Waals surface area contributed by atoms with Crippen LogP contribution >= 0.6 is 15.9 Å². The van der Waals surface area contributed by atoms with Crippen LogP contribution < -0.4 is 5.32 Å². The molecule has 2 aliphatic carbocycles. The Labute approximate surface area is 116 Å². The van der Waals surface area contributed by atoms with Crippen molar-refractivity contribution < 1.29 is 4.79 Å². The van der Waals surface area contributed by atoms with Gasteiger partial charge in [-0.05, 0) is 55.7 Å². The van der Waals surface area contributed by atoms with E-state index in [0.717, 1.165) is 34.7 Å². The third-order valence-corrected chi connectivity index (χ3v) is 4.82. The number of halogens is 1. The summed E-state index contributed by atoms with van der Waals surface area (Å²) in [5, 5.41) is 3.15. The van der Waals surface area contributed by atoms with Gasteiger partial charge in [0, 0.05) is 10.4 Å². The number of hydrogen-bond donors (Lipinski definition) is 1. The molecule has 96 valence electrons. The molecule has 1 amide bonds. The van der Waals surface area contributed by atoms with E-state index in [9.17, 15) is 4.79 Å². The van der Waals surface area contributed by atoms with Crippen molar-refractivity contribution in [2.75, 3.05) is 0 Å². The Morgan fingerprint density at radius 3 is 2.72 bits per heavy atom. The second-order valence-corrected chi connectivity index (χ2v) is 6.63. The van der Waals surface area contributed by atoms with Crippen LogP contribution in [-0.4, -0.2) is 5.91 Å². The first-order valence-corrected chi connectivity index (χ1v) is 7.48. The highest BCUT2D eigenvalue weighted by atomic mass is 79.9. The SMILES string of the molecule is CC(NC(=O)C1CC2CC2C1)c1cccc(Br)c1.